The summed E-state index contributed by atoms with van der Waals surface area (Å²) in [5.41, 5.74) is 0.748. The van der Waals surface area contributed by atoms with Gasteiger partial charge in [-0.25, -0.2) is 4.79 Å². The minimum absolute atomic E-state index is 0.242. The van der Waals surface area contributed by atoms with Gasteiger partial charge in [-0.3, -0.25) is 4.68 Å². The SMILES string of the molecule is Cn1ccc(Cc2nc(C(=O)O)no2)n1. The number of aromatic carboxylic acids is 1. The van der Waals surface area contributed by atoms with Crippen LogP contribution < -0.4 is 0 Å². The molecule has 7 heteroatoms. The molecule has 15 heavy (non-hydrogen) atoms. The van der Waals surface area contributed by atoms with Crippen molar-refractivity contribution in [1.82, 2.24) is 19.9 Å². The van der Waals surface area contributed by atoms with E-state index in [1.54, 1.807) is 24.0 Å². The van der Waals surface area contributed by atoms with Gasteiger partial charge in [0.1, 0.15) is 0 Å². The van der Waals surface area contributed by atoms with E-state index in [2.05, 4.69) is 15.2 Å². The lowest BCUT2D eigenvalue weighted by atomic mass is 10.3. The van der Waals surface area contributed by atoms with Crippen LogP contribution in [0.2, 0.25) is 0 Å². The van der Waals surface area contributed by atoms with Crippen LogP contribution in [0.4, 0.5) is 0 Å². The third-order valence-corrected chi connectivity index (χ3v) is 1.76. The number of nitrogens with zero attached hydrogens (tertiary/aromatic N) is 4. The molecule has 2 heterocycles. The van der Waals surface area contributed by atoms with E-state index in [0.29, 0.717) is 6.42 Å². The second-order valence-corrected chi connectivity index (χ2v) is 2.97. The van der Waals surface area contributed by atoms with E-state index in [1.807, 2.05) is 0 Å². The summed E-state index contributed by atoms with van der Waals surface area (Å²) >= 11 is 0. The first-order valence-corrected chi connectivity index (χ1v) is 4.19. The highest BCUT2D eigenvalue weighted by Crippen LogP contribution is 2.04. The zero-order valence-corrected chi connectivity index (χ0v) is 7.91. The quantitative estimate of drug-likeness (QED) is 0.768. The molecule has 0 aromatic carbocycles. The number of rotatable bonds is 3. The van der Waals surface area contributed by atoms with Gasteiger partial charge in [0, 0.05) is 13.2 Å². The maximum absolute atomic E-state index is 10.5. The largest absolute Gasteiger partial charge is 0.475 e. The van der Waals surface area contributed by atoms with Gasteiger partial charge in [-0.1, -0.05) is 0 Å². The Morgan fingerprint density at radius 1 is 1.67 bits per heavy atom. The summed E-state index contributed by atoms with van der Waals surface area (Å²) in [5, 5.41) is 16.0. The van der Waals surface area contributed by atoms with Gasteiger partial charge in [0.2, 0.25) is 5.89 Å². The third kappa shape index (κ3) is 2.01. The Morgan fingerprint density at radius 3 is 3.00 bits per heavy atom. The molecule has 2 aromatic heterocycles. The first-order valence-electron chi connectivity index (χ1n) is 4.19. The zero-order chi connectivity index (χ0) is 10.8. The monoisotopic (exact) mass is 208 g/mol. The van der Waals surface area contributed by atoms with Crippen molar-refractivity contribution in [3.63, 3.8) is 0 Å². The van der Waals surface area contributed by atoms with E-state index in [9.17, 15) is 4.79 Å². The van der Waals surface area contributed by atoms with Gasteiger partial charge < -0.3 is 9.63 Å². The van der Waals surface area contributed by atoms with E-state index in [-0.39, 0.29) is 11.7 Å². The molecule has 0 saturated carbocycles. The van der Waals surface area contributed by atoms with Gasteiger partial charge in [0.25, 0.3) is 5.82 Å². The maximum Gasteiger partial charge on any atom is 0.377 e. The molecule has 0 saturated heterocycles. The lowest BCUT2D eigenvalue weighted by Crippen LogP contribution is -1.99. The van der Waals surface area contributed by atoms with Crippen LogP contribution in [-0.4, -0.2) is 31.0 Å². The molecule has 0 fully saturated rings. The van der Waals surface area contributed by atoms with Crippen LogP contribution in [0, 0.1) is 0 Å². The van der Waals surface area contributed by atoms with Gasteiger partial charge in [-0.2, -0.15) is 10.1 Å². The lowest BCUT2D eigenvalue weighted by molar-refractivity contribution is 0.0680. The van der Waals surface area contributed by atoms with E-state index in [0.717, 1.165) is 5.69 Å². The van der Waals surface area contributed by atoms with Gasteiger partial charge in [-0.05, 0) is 11.2 Å². The average Bonchev–Trinajstić information content (AvgIpc) is 2.76. The summed E-state index contributed by atoms with van der Waals surface area (Å²) in [7, 11) is 1.79. The molecule has 0 unspecified atom stereocenters. The van der Waals surface area contributed by atoms with Crippen molar-refractivity contribution in [3.05, 3.63) is 29.7 Å². The van der Waals surface area contributed by atoms with Crippen molar-refractivity contribution in [3.8, 4) is 0 Å². The lowest BCUT2D eigenvalue weighted by Gasteiger charge is -1.88. The number of aromatic nitrogens is 4. The topological polar surface area (TPSA) is 94.0 Å². The Balaban J connectivity index is 2.14. The minimum atomic E-state index is -1.20. The second-order valence-electron chi connectivity index (χ2n) is 2.97. The normalized spacial score (nSPS) is 10.5. The molecule has 0 spiro atoms. The van der Waals surface area contributed by atoms with Gasteiger partial charge in [-0.15, -0.1) is 0 Å². The molecule has 0 amide bonds. The van der Waals surface area contributed by atoms with Crippen molar-refractivity contribution in [2.45, 2.75) is 6.42 Å². The standard InChI is InChI=1S/C8H8N4O3/c1-12-3-2-5(10-12)4-6-9-7(8(13)14)11-15-6/h2-3H,4H2,1H3,(H,13,14). The number of carboxylic acids is 1. The Hall–Kier alpha value is -2.18. The van der Waals surface area contributed by atoms with Crippen LogP contribution in [0.5, 0.6) is 0 Å². The number of aryl methyl sites for hydroxylation is 1. The average molecular weight is 208 g/mol. The third-order valence-electron chi connectivity index (χ3n) is 1.76. The first-order chi connectivity index (χ1) is 7.15. The molecule has 0 aliphatic heterocycles. The molecular weight excluding hydrogens is 200 g/mol. The van der Waals surface area contributed by atoms with Crippen molar-refractivity contribution >= 4 is 5.97 Å². The zero-order valence-electron chi connectivity index (χ0n) is 7.91. The summed E-state index contributed by atoms with van der Waals surface area (Å²) in [6.07, 6.45) is 2.12. The fourth-order valence-electron chi connectivity index (χ4n) is 1.13. The predicted molar refractivity (Wildman–Crippen MR) is 47.3 cm³/mol. The van der Waals surface area contributed by atoms with Crippen molar-refractivity contribution < 1.29 is 14.4 Å². The van der Waals surface area contributed by atoms with Gasteiger partial charge in [0.05, 0.1) is 12.1 Å². The van der Waals surface area contributed by atoms with Gasteiger partial charge >= 0.3 is 5.97 Å². The highest BCUT2D eigenvalue weighted by atomic mass is 16.5. The fraction of sp³-hybridized carbons (Fsp3) is 0.250. The van der Waals surface area contributed by atoms with E-state index < -0.39 is 5.97 Å². The smallest absolute Gasteiger partial charge is 0.377 e. The fourth-order valence-corrected chi connectivity index (χ4v) is 1.13. The van der Waals surface area contributed by atoms with Crippen molar-refractivity contribution in [2.24, 2.45) is 7.05 Å². The molecule has 0 aliphatic carbocycles. The molecule has 1 N–H and O–H groups in total. The number of hydrogen-bond acceptors (Lipinski definition) is 5. The Morgan fingerprint density at radius 2 is 2.47 bits per heavy atom. The molecule has 2 aromatic rings. The Labute approximate surface area is 84.3 Å². The first kappa shape index (κ1) is 9.38. The maximum atomic E-state index is 10.5. The van der Waals surface area contributed by atoms with Crippen LogP contribution in [0.25, 0.3) is 0 Å². The molecular formula is C8H8N4O3. The van der Waals surface area contributed by atoms with E-state index in [1.165, 1.54) is 0 Å². The summed E-state index contributed by atoms with van der Waals surface area (Å²) in [5.74, 6) is -1.29. The summed E-state index contributed by atoms with van der Waals surface area (Å²) in [6, 6.07) is 1.80. The van der Waals surface area contributed by atoms with E-state index >= 15 is 0 Å². The highest BCUT2D eigenvalue weighted by molar-refractivity contribution is 5.82. The molecule has 78 valence electrons. The second kappa shape index (κ2) is 3.52. The summed E-state index contributed by atoms with van der Waals surface area (Å²) in [6.45, 7) is 0. The molecule has 7 nitrogen and oxygen atoms in total. The molecule has 0 radical (unpaired) electrons. The Kier molecular flexibility index (Phi) is 2.20. The Bertz CT molecular complexity index is 488. The minimum Gasteiger partial charge on any atom is -0.475 e. The van der Waals surface area contributed by atoms with Crippen LogP contribution >= 0.6 is 0 Å². The van der Waals surface area contributed by atoms with Crippen molar-refractivity contribution in [2.75, 3.05) is 0 Å². The molecule has 0 atom stereocenters. The summed E-state index contributed by atoms with van der Waals surface area (Å²) < 4.78 is 6.39. The van der Waals surface area contributed by atoms with Gasteiger partial charge in [0.15, 0.2) is 0 Å². The molecule has 0 bridgehead atoms. The molecule has 0 aliphatic rings. The van der Waals surface area contributed by atoms with Crippen LogP contribution in [0.3, 0.4) is 0 Å². The highest BCUT2D eigenvalue weighted by Gasteiger charge is 2.13. The van der Waals surface area contributed by atoms with Crippen molar-refractivity contribution in [1.29, 1.82) is 0 Å². The summed E-state index contributed by atoms with van der Waals surface area (Å²) in [4.78, 5) is 14.2. The number of hydrogen-bond donors (Lipinski definition) is 1. The predicted octanol–water partition coefficient (Wildman–Crippen LogP) is 0.0921. The molecule has 2 rings (SSSR count). The van der Waals surface area contributed by atoms with Crippen LogP contribution in [0.1, 0.15) is 22.2 Å². The van der Waals surface area contributed by atoms with E-state index in [4.69, 9.17) is 9.63 Å². The van der Waals surface area contributed by atoms with Crippen LogP contribution in [0.15, 0.2) is 16.8 Å². The number of carboxylic acid groups (broad SMARTS) is 1. The van der Waals surface area contributed by atoms with Crippen LogP contribution in [-0.2, 0) is 13.5 Å². The number of carbonyl (C=O) groups is 1.